The molecule has 170 valence electrons. The van der Waals surface area contributed by atoms with Crippen LogP contribution in [0.15, 0.2) is 42.5 Å². The SMILES string of the molecule is COc1ccc(OC)c(NC(=O)c2nnc3c(-c4cccc(Cl)c4)c(C(C)C)nn3c2C)c1. The Balaban J connectivity index is 1.80. The number of halogens is 1. The van der Waals surface area contributed by atoms with Crippen LogP contribution in [0.3, 0.4) is 0 Å². The molecule has 1 amide bonds. The summed E-state index contributed by atoms with van der Waals surface area (Å²) in [5.74, 6) is 0.780. The van der Waals surface area contributed by atoms with E-state index in [-0.39, 0.29) is 11.6 Å². The van der Waals surface area contributed by atoms with Crippen molar-refractivity contribution in [3.63, 3.8) is 0 Å². The number of anilines is 1. The minimum absolute atomic E-state index is 0.124. The molecule has 33 heavy (non-hydrogen) atoms. The molecule has 0 saturated heterocycles. The largest absolute Gasteiger partial charge is 0.497 e. The van der Waals surface area contributed by atoms with Crippen LogP contribution in [0.1, 0.15) is 41.6 Å². The van der Waals surface area contributed by atoms with Gasteiger partial charge in [0.05, 0.1) is 36.9 Å². The number of methoxy groups -OCH3 is 2. The van der Waals surface area contributed by atoms with Crippen LogP contribution in [0.2, 0.25) is 5.02 Å². The molecule has 2 aromatic heterocycles. The number of carbonyl (C=O) groups excluding carboxylic acids is 1. The Morgan fingerprint density at radius 1 is 1.09 bits per heavy atom. The highest BCUT2D eigenvalue weighted by Crippen LogP contribution is 2.34. The molecular weight excluding hydrogens is 442 g/mol. The zero-order valence-electron chi connectivity index (χ0n) is 19.0. The highest BCUT2D eigenvalue weighted by molar-refractivity contribution is 6.30. The molecule has 0 fully saturated rings. The fraction of sp³-hybridized carbons (Fsp3) is 0.250. The molecule has 4 rings (SSSR count). The van der Waals surface area contributed by atoms with E-state index >= 15 is 0 Å². The van der Waals surface area contributed by atoms with Gasteiger partial charge in [-0.3, -0.25) is 4.79 Å². The first-order chi connectivity index (χ1) is 15.8. The Morgan fingerprint density at radius 3 is 2.55 bits per heavy atom. The fourth-order valence-electron chi connectivity index (χ4n) is 3.65. The Morgan fingerprint density at radius 2 is 1.88 bits per heavy atom. The highest BCUT2D eigenvalue weighted by Gasteiger charge is 2.24. The van der Waals surface area contributed by atoms with Gasteiger partial charge in [0.2, 0.25) is 0 Å². The minimum Gasteiger partial charge on any atom is -0.497 e. The fourth-order valence-corrected chi connectivity index (χ4v) is 3.84. The summed E-state index contributed by atoms with van der Waals surface area (Å²) in [5, 5.41) is 16.9. The first-order valence-corrected chi connectivity index (χ1v) is 10.8. The van der Waals surface area contributed by atoms with E-state index in [0.29, 0.717) is 33.6 Å². The predicted molar refractivity (Wildman–Crippen MR) is 128 cm³/mol. The molecule has 2 heterocycles. The first kappa shape index (κ1) is 22.5. The maximum absolute atomic E-state index is 13.1. The molecule has 8 nitrogen and oxygen atoms in total. The van der Waals surface area contributed by atoms with Crippen molar-refractivity contribution >= 4 is 28.8 Å². The third-order valence-corrected chi connectivity index (χ3v) is 5.56. The summed E-state index contributed by atoms with van der Waals surface area (Å²) < 4.78 is 12.3. The van der Waals surface area contributed by atoms with Crippen LogP contribution in [-0.4, -0.2) is 39.9 Å². The molecule has 0 atom stereocenters. The van der Waals surface area contributed by atoms with E-state index in [0.717, 1.165) is 16.8 Å². The highest BCUT2D eigenvalue weighted by atomic mass is 35.5. The lowest BCUT2D eigenvalue weighted by molar-refractivity contribution is 0.101. The Labute approximate surface area is 196 Å². The van der Waals surface area contributed by atoms with Crippen LogP contribution in [0.4, 0.5) is 5.69 Å². The monoisotopic (exact) mass is 465 g/mol. The summed E-state index contributed by atoms with van der Waals surface area (Å²) in [6.07, 6.45) is 0. The summed E-state index contributed by atoms with van der Waals surface area (Å²) in [4.78, 5) is 13.1. The molecule has 2 aromatic carbocycles. The predicted octanol–water partition coefficient (Wildman–Crippen LogP) is 5.15. The molecule has 1 N–H and O–H groups in total. The lowest BCUT2D eigenvalue weighted by atomic mass is 9.99. The second-order valence-corrected chi connectivity index (χ2v) is 8.25. The van der Waals surface area contributed by atoms with Crippen molar-refractivity contribution in [2.75, 3.05) is 19.5 Å². The number of carbonyl (C=O) groups is 1. The number of hydrogen-bond donors (Lipinski definition) is 1. The Hall–Kier alpha value is -3.65. The average molecular weight is 466 g/mol. The van der Waals surface area contributed by atoms with Crippen molar-refractivity contribution < 1.29 is 14.3 Å². The Bertz CT molecular complexity index is 1350. The molecule has 0 saturated carbocycles. The number of fused-ring (bicyclic) bond motifs is 1. The van der Waals surface area contributed by atoms with Crippen molar-refractivity contribution in [2.45, 2.75) is 26.7 Å². The number of benzene rings is 2. The second-order valence-electron chi connectivity index (χ2n) is 7.82. The van der Waals surface area contributed by atoms with Gasteiger partial charge in [-0.15, -0.1) is 10.2 Å². The molecule has 0 bridgehead atoms. The summed E-state index contributed by atoms with van der Waals surface area (Å²) in [5.41, 5.74) is 4.34. The zero-order chi connectivity index (χ0) is 23.7. The molecule has 0 aliphatic carbocycles. The van der Waals surface area contributed by atoms with Crippen LogP contribution >= 0.6 is 11.6 Å². The standard InChI is InChI=1S/C24H24ClN5O3/c1-13(2)21-20(15-7-6-8-16(25)11-15)23-28-27-22(14(3)30(23)29-21)24(31)26-18-12-17(32-4)9-10-19(18)33-5/h6-13H,1-5H3,(H,26,31). The molecule has 9 heteroatoms. The van der Waals surface area contributed by atoms with Crippen LogP contribution in [-0.2, 0) is 0 Å². The van der Waals surface area contributed by atoms with Gasteiger partial charge in [0.25, 0.3) is 5.91 Å². The van der Waals surface area contributed by atoms with Gasteiger partial charge in [-0.2, -0.15) is 5.10 Å². The molecule has 0 radical (unpaired) electrons. The van der Waals surface area contributed by atoms with Crippen molar-refractivity contribution in [3.05, 3.63) is 64.6 Å². The number of nitrogens with one attached hydrogen (secondary N) is 1. The van der Waals surface area contributed by atoms with E-state index in [2.05, 4.69) is 29.4 Å². The molecule has 0 unspecified atom stereocenters. The number of aryl methyl sites for hydroxylation is 1. The lowest BCUT2D eigenvalue weighted by Gasteiger charge is -2.12. The van der Waals surface area contributed by atoms with Gasteiger partial charge < -0.3 is 14.8 Å². The molecule has 0 spiro atoms. The summed E-state index contributed by atoms with van der Waals surface area (Å²) in [6, 6.07) is 12.7. The van der Waals surface area contributed by atoms with Gasteiger partial charge >= 0.3 is 0 Å². The normalized spacial score (nSPS) is 11.1. The number of ether oxygens (including phenoxy) is 2. The van der Waals surface area contributed by atoms with Gasteiger partial charge in [0, 0.05) is 11.1 Å². The average Bonchev–Trinajstić information content (AvgIpc) is 3.20. The summed E-state index contributed by atoms with van der Waals surface area (Å²) >= 11 is 6.23. The minimum atomic E-state index is -0.431. The van der Waals surface area contributed by atoms with Gasteiger partial charge in [-0.1, -0.05) is 37.6 Å². The number of hydrogen-bond acceptors (Lipinski definition) is 6. The van der Waals surface area contributed by atoms with Crippen LogP contribution < -0.4 is 14.8 Å². The van der Waals surface area contributed by atoms with Crippen molar-refractivity contribution in [3.8, 4) is 22.6 Å². The maximum Gasteiger partial charge on any atom is 0.278 e. The van der Waals surface area contributed by atoms with Crippen LogP contribution in [0.25, 0.3) is 16.8 Å². The third kappa shape index (κ3) is 4.21. The third-order valence-electron chi connectivity index (χ3n) is 5.32. The Kier molecular flexibility index (Phi) is 6.20. The van der Waals surface area contributed by atoms with Crippen molar-refractivity contribution in [2.24, 2.45) is 0 Å². The van der Waals surface area contributed by atoms with Crippen molar-refractivity contribution in [1.82, 2.24) is 19.8 Å². The number of amides is 1. The molecule has 4 aromatic rings. The van der Waals surface area contributed by atoms with Gasteiger partial charge in [0.1, 0.15) is 11.5 Å². The van der Waals surface area contributed by atoms with E-state index in [4.69, 9.17) is 26.2 Å². The summed E-state index contributed by atoms with van der Waals surface area (Å²) in [6.45, 7) is 5.90. The summed E-state index contributed by atoms with van der Waals surface area (Å²) in [7, 11) is 3.08. The van der Waals surface area contributed by atoms with Crippen molar-refractivity contribution in [1.29, 1.82) is 0 Å². The van der Waals surface area contributed by atoms with Gasteiger partial charge in [0.15, 0.2) is 11.3 Å². The van der Waals surface area contributed by atoms with Gasteiger partial charge in [-0.05, 0) is 42.7 Å². The van der Waals surface area contributed by atoms with E-state index in [9.17, 15) is 4.79 Å². The maximum atomic E-state index is 13.1. The van der Waals surface area contributed by atoms with Crippen LogP contribution in [0.5, 0.6) is 11.5 Å². The van der Waals surface area contributed by atoms with Gasteiger partial charge in [-0.25, -0.2) is 4.52 Å². The number of nitrogens with zero attached hydrogens (tertiary/aromatic N) is 4. The smallest absolute Gasteiger partial charge is 0.278 e. The van der Waals surface area contributed by atoms with Crippen LogP contribution in [0, 0.1) is 6.92 Å². The quantitative estimate of drug-likeness (QED) is 0.423. The molecular formula is C24H24ClN5O3. The second kappa shape index (κ2) is 9.07. The topological polar surface area (TPSA) is 90.6 Å². The molecule has 0 aliphatic rings. The number of aromatic nitrogens is 4. The lowest BCUT2D eigenvalue weighted by Crippen LogP contribution is -2.19. The van der Waals surface area contributed by atoms with E-state index < -0.39 is 5.91 Å². The number of rotatable bonds is 6. The first-order valence-electron chi connectivity index (χ1n) is 10.4. The van der Waals surface area contributed by atoms with E-state index in [1.54, 1.807) is 36.7 Å². The molecule has 0 aliphatic heterocycles. The van der Waals surface area contributed by atoms with E-state index in [1.807, 2.05) is 24.3 Å². The van der Waals surface area contributed by atoms with E-state index in [1.165, 1.54) is 7.11 Å². The zero-order valence-corrected chi connectivity index (χ0v) is 19.8.